The van der Waals surface area contributed by atoms with Crippen molar-refractivity contribution in [2.75, 3.05) is 7.05 Å². The quantitative estimate of drug-likeness (QED) is 0.258. The molecule has 0 bridgehead atoms. The lowest BCUT2D eigenvalue weighted by Crippen LogP contribution is -2.41. The number of amides is 1. The third-order valence-corrected chi connectivity index (χ3v) is 7.13. The highest BCUT2D eigenvalue weighted by Crippen LogP contribution is 2.27. The topological polar surface area (TPSA) is 95.9 Å². The van der Waals surface area contributed by atoms with E-state index in [1.54, 1.807) is 0 Å². The molecule has 1 aromatic heterocycles. The Balaban J connectivity index is 1.54. The average molecular weight is 454 g/mol. The molecule has 1 amide bonds. The minimum absolute atomic E-state index is 0.0205. The summed E-state index contributed by atoms with van der Waals surface area (Å²) in [4.78, 5) is 13.5. The van der Waals surface area contributed by atoms with Crippen molar-refractivity contribution < 1.29 is 4.79 Å². The molecule has 1 heterocycles. The van der Waals surface area contributed by atoms with Crippen LogP contribution in [0.2, 0.25) is 0 Å². The summed E-state index contributed by atoms with van der Waals surface area (Å²) in [7, 11) is 2.00. The van der Waals surface area contributed by atoms with Gasteiger partial charge in [-0.15, -0.1) is 0 Å². The largest absolute Gasteiger partial charge is 0.384 e. The summed E-state index contributed by atoms with van der Waals surface area (Å²) < 4.78 is 2.07. The monoisotopic (exact) mass is 453 g/mol. The molecule has 0 radical (unpaired) electrons. The highest BCUT2D eigenvalue weighted by atomic mass is 16.2. The molecular weight excluding hydrogens is 422 g/mol. The van der Waals surface area contributed by atoms with Crippen molar-refractivity contribution in [3.05, 3.63) is 83.6 Å². The smallest absolute Gasteiger partial charge is 0.268 e. The van der Waals surface area contributed by atoms with E-state index in [4.69, 9.17) is 11.1 Å². The fourth-order valence-corrected chi connectivity index (χ4v) is 5.17. The van der Waals surface area contributed by atoms with E-state index in [9.17, 15) is 4.79 Å². The Morgan fingerprint density at radius 2 is 1.71 bits per heavy atom. The number of nitrogens with two attached hydrogens (primary N) is 1. The number of nitrogen functional groups attached to an aromatic ring is 1. The predicted molar refractivity (Wildman–Crippen MR) is 139 cm³/mol. The average Bonchev–Trinajstić information content (AvgIpc) is 3.22. The van der Waals surface area contributed by atoms with Gasteiger partial charge in [0, 0.05) is 35.1 Å². The molecule has 0 saturated heterocycles. The molecular formula is C28H31N5O. The Morgan fingerprint density at radius 1 is 0.971 bits per heavy atom. The van der Waals surface area contributed by atoms with Crippen LogP contribution < -0.4 is 16.4 Å². The number of carbonyl (C=O) groups is 1. The molecule has 6 nitrogen and oxygen atoms in total. The van der Waals surface area contributed by atoms with Crippen LogP contribution in [0.25, 0.3) is 21.7 Å². The second-order valence-electron chi connectivity index (χ2n) is 9.25. The predicted octanol–water partition coefficient (Wildman–Crippen LogP) is 4.39. The molecule has 6 heteroatoms. The van der Waals surface area contributed by atoms with Crippen molar-refractivity contribution in [3.63, 3.8) is 0 Å². The number of hydrogen-bond acceptors (Lipinski definition) is 3. The molecule has 34 heavy (non-hydrogen) atoms. The van der Waals surface area contributed by atoms with Gasteiger partial charge in [0.05, 0.1) is 0 Å². The normalized spacial score (nSPS) is 18.3. The van der Waals surface area contributed by atoms with Crippen LogP contribution >= 0.6 is 0 Å². The van der Waals surface area contributed by atoms with Gasteiger partial charge in [-0.05, 0) is 61.2 Å². The molecule has 1 fully saturated rings. The van der Waals surface area contributed by atoms with Crippen LogP contribution in [0.3, 0.4) is 0 Å². The Labute approximate surface area is 199 Å². The molecule has 0 atom stereocenters. The van der Waals surface area contributed by atoms with Gasteiger partial charge in [-0.2, -0.15) is 0 Å². The molecule has 1 saturated carbocycles. The zero-order chi connectivity index (χ0) is 23.7. The van der Waals surface area contributed by atoms with Gasteiger partial charge in [0.25, 0.3) is 5.91 Å². The van der Waals surface area contributed by atoms with E-state index in [1.807, 2.05) is 43.4 Å². The van der Waals surface area contributed by atoms with Crippen LogP contribution in [0.1, 0.15) is 47.3 Å². The number of rotatable bonds is 6. The Hall–Kier alpha value is -3.64. The minimum Gasteiger partial charge on any atom is -0.384 e. The summed E-state index contributed by atoms with van der Waals surface area (Å²) in [6, 6.07) is 23.0. The molecule has 0 spiro atoms. The number of amidine groups is 1. The van der Waals surface area contributed by atoms with Crippen LogP contribution in [-0.4, -0.2) is 35.4 Å². The minimum atomic E-state index is -0.0475. The number of nitrogens with one attached hydrogen (secondary N) is 3. The lowest BCUT2D eigenvalue weighted by molar-refractivity contribution is 0.0916. The van der Waals surface area contributed by atoms with Crippen LogP contribution in [0, 0.1) is 5.41 Å². The zero-order valence-electron chi connectivity index (χ0n) is 19.5. The molecule has 0 aliphatic heterocycles. The number of nitrogens with zero attached hydrogens (tertiary/aromatic N) is 1. The molecule has 3 aromatic carbocycles. The van der Waals surface area contributed by atoms with Crippen molar-refractivity contribution >= 4 is 33.4 Å². The van der Waals surface area contributed by atoms with Crippen molar-refractivity contribution in [1.82, 2.24) is 15.2 Å². The third kappa shape index (κ3) is 4.29. The molecule has 5 N–H and O–H groups in total. The number of fused-ring (bicyclic) bond motifs is 2. The molecule has 174 valence electrons. The summed E-state index contributed by atoms with van der Waals surface area (Å²) in [6.45, 7) is 0.557. The van der Waals surface area contributed by atoms with Gasteiger partial charge >= 0.3 is 0 Å². The van der Waals surface area contributed by atoms with Crippen molar-refractivity contribution in [2.45, 2.75) is 44.3 Å². The Kier molecular flexibility index (Phi) is 6.07. The summed E-state index contributed by atoms with van der Waals surface area (Å²) >= 11 is 0. The van der Waals surface area contributed by atoms with Gasteiger partial charge in [-0.25, -0.2) is 0 Å². The van der Waals surface area contributed by atoms with Gasteiger partial charge in [0.2, 0.25) is 0 Å². The fraction of sp³-hybridized carbons (Fsp3) is 0.286. The summed E-state index contributed by atoms with van der Waals surface area (Å²) in [5, 5.41) is 17.8. The number of aromatic nitrogens is 1. The highest BCUT2D eigenvalue weighted by molar-refractivity contribution is 6.02. The molecule has 0 unspecified atom stereocenters. The fourth-order valence-electron chi connectivity index (χ4n) is 5.17. The second-order valence-corrected chi connectivity index (χ2v) is 9.25. The van der Waals surface area contributed by atoms with Crippen molar-refractivity contribution in [1.29, 1.82) is 5.41 Å². The van der Waals surface area contributed by atoms with E-state index < -0.39 is 0 Å². The highest BCUT2D eigenvalue weighted by Gasteiger charge is 2.24. The van der Waals surface area contributed by atoms with Crippen LogP contribution in [-0.2, 0) is 6.54 Å². The van der Waals surface area contributed by atoms with Crippen LogP contribution in [0.5, 0.6) is 0 Å². The maximum atomic E-state index is 13.5. The molecule has 5 rings (SSSR count). The number of hydrogen-bond donors (Lipinski definition) is 4. The zero-order valence-corrected chi connectivity index (χ0v) is 19.5. The number of benzene rings is 3. The van der Waals surface area contributed by atoms with E-state index in [2.05, 4.69) is 45.5 Å². The summed E-state index contributed by atoms with van der Waals surface area (Å²) in [5.41, 5.74) is 9.13. The molecule has 1 aliphatic carbocycles. The first kappa shape index (κ1) is 22.2. The lowest BCUT2D eigenvalue weighted by Gasteiger charge is -2.29. The summed E-state index contributed by atoms with van der Waals surface area (Å²) in [6.07, 6.45) is 4.11. The van der Waals surface area contributed by atoms with Crippen molar-refractivity contribution in [2.24, 2.45) is 5.73 Å². The maximum Gasteiger partial charge on any atom is 0.268 e. The van der Waals surface area contributed by atoms with Gasteiger partial charge in [-0.1, -0.05) is 54.6 Å². The Bertz CT molecular complexity index is 1360. The summed E-state index contributed by atoms with van der Waals surface area (Å²) in [5.74, 6) is -0.0270. The first-order valence-corrected chi connectivity index (χ1v) is 12.0. The lowest BCUT2D eigenvalue weighted by atomic mass is 9.91. The SMILES string of the molecule is CNC1CCC(NC(=O)c2cc3ccc(C(=N)N)cc3n2Cc2cccc3ccccc23)CC1. The van der Waals surface area contributed by atoms with Gasteiger partial charge in [-0.3, -0.25) is 10.2 Å². The van der Waals surface area contributed by atoms with Crippen molar-refractivity contribution in [3.8, 4) is 0 Å². The first-order valence-electron chi connectivity index (χ1n) is 12.0. The molecule has 4 aromatic rings. The van der Waals surface area contributed by atoms with Gasteiger partial charge in [0.15, 0.2) is 0 Å². The van der Waals surface area contributed by atoms with E-state index in [-0.39, 0.29) is 17.8 Å². The number of carbonyl (C=O) groups excluding carboxylic acids is 1. The van der Waals surface area contributed by atoms with E-state index >= 15 is 0 Å². The van der Waals surface area contributed by atoms with Gasteiger partial charge in [0.1, 0.15) is 11.5 Å². The Morgan fingerprint density at radius 3 is 2.47 bits per heavy atom. The standard InChI is InChI=1S/C28H31N5O/c1-31-22-11-13-23(14-12-22)32-28(34)26-15-19-9-10-20(27(29)30)16-25(19)33(26)17-21-7-4-6-18-5-2-3-8-24(18)21/h2-10,15-16,22-23,31H,11-14,17H2,1H3,(H3,29,30)(H,32,34). The second kappa shape index (κ2) is 9.31. The van der Waals surface area contributed by atoms with Crippen LogP contribution in [0.4, 0.5) is 0 Å². The van der Waals surface area contributed by atoms with E-state index in [0.717, 1.165) is 42.1 Å². The van der Waals surface area contributed by atoms with Gasteiger partial charge < -0.3 is 20.9 Å². The van der Waals surface area contributed by atoms with E-state index in [1.165, 1.54) is 10.8 Å². The molecule has 1 aliphatic rings. The van der Waals surface area contributed by atoms with Crippen LogP contribution in [0.15, 0.2) is 66.7 Å². The maximum absolute atomic E-state index is 13.5. The first-order chi connectivity index (χ1) is 16.5. The van der Waals surface area contributed by atoms with E-state index in [0.29, 0.717) is 23.8 Å². The third-order valence-electron chi connectivity index (χ3n) is 7.13.